The van der Waals surface area contributed by atoms with Crippen LogP contribution in [0.1, 0.15) is 9.67 Å². The first kappa shape index (κ1) is 9.11. The lowest BCUT2D eigenvalue weighted by Crippen LogP contribution is -2.22. The Morgan fingerprint density at radius 3 is 3.08 bits per heavy atom. The molecule has 1 N–H and O–H groups in total. The van der Waals surface area contributed by atoms with Crippen molar-refractivity contribution in [2.24, 2.45) is 0 Å². The minimum absolute atomic E-state index is 0.215. The van der Waals surface area contributed by atoms with Crippen LogP contribution in [0.2, 0.25) is 5.02 Å². The predicted octanol–water partition coefficient (Wildman–Crippen LogP) is 1.76. The second kappa shape index (κ2) is 4.15. The summed E-state index contributed by atoms with van der Waals surface area (Å²) >= 11 is 7.01. The van der Waals surface area contributed by atoms with Crippen molar-refractivity contribution in [3.8, 4) is 12.3 Å². The van der Waals surface area contributed by atoms with Crippen molar-refractivity contribution < 1.29 is 4.79 Å². The lowest BCUT2D eigenvalue weighted by Gasteiger charge is -1.97. The van der Waals surface area contributed by atoms with Gasteiger partial charge in [0.2, 0.25) is 0 Å². The summed E-state index contributed by atoms with van der Waals surface area (Å²) in [5.74, 6) is 2.09. The van der Waals surface area contributed by atoms with Gasteiger partial charge in [0.1, 0.15) is 4.88 Å². The molecule has 0 saturated heterocycles. The highest BCUT2D eigenvalue weighted by Gasteiger charge is 2.09. The lowest BCUT2D eigenvalue weighted by atomic mass is 10.4. The molecule has 1 heterocycles. The Hall–Kier alpha value is -0.980. The molecule has 1 aromatic heterocycles. The molecule has 12 heavy (non-hydrogen) atoms. The highest BCUT2D eigenvalue weighted by molar-refractivity contribution is 7.12. The molecule has 0 aliphatic rings. The Morgan fingerprint density at radius 2 is 2.58 bits per heavy atom. The average molecular weight is 200 g/mol. The summed E-state index contributed by atoms with van der Waals surface area (Å²) in [6.45, 7) is 0.229. The molecular weight excluding hydrogens is 194 g/mol. The van der Waals surface area contributed by atoms with Gasteiger partial charge in [-0.3, -0.25) is 4.79 Å². The monoisotopic (exact) mass is 199 g/mol. The molecule has 1 rings (SSSR count). The molecule has 0 aliphatic heterocycles. The topological polar surface area (TPSA) is 29.1 Å². The second-order valence-electron chi connectivity index (χ2n) is 1.98. The number of thiophene rings is 1. The number of halogens is 1. The van der Waals surface area contributed by atoms with E-state index < -0.39 is 0 Å². The van der Waals surface area contributed by atoms with Crippen LogP contribution in [0.5, 0.6) is 0 Å². The van der Waals surface area contributed by atoms with Gasteiger partial charge in [0.15, 0.2) is 0 Å². The average Bonchev–Trinajstić information content (AvgIpc) is 2.47. The third kappa shape index (κ3) is 2.00. The van der Waals surface area contributed by atoms with E-state index in [2.05, 4.69) is 11.2 Å². The molecule has 1 amide bonds. The molecule has 1 aromatic rings. The highest BCUT2D eigenvalue weighted by atomic mass is 35.5. The largest absolute Gasteiger partial charge is 0.340 e. The molecule has 4 heteroatoms. The maximum Gasteiger partial charge on any atom is 0.263 e. The summed E-state index contributed by atoms with van der Waals surface area (Å²) < 4.78 is 0. The summed E-state index contributed by atoms with van der Waals surface area (Å²) in [4.78, 5) is 11.7. The van der Waals surface area contributed by atoms with Crippen molar-refractivity contribution in [1.29, 1.82) is 0 Å². The lowest BCUT2D eigenvalue weighted by molar-refractivity contribution is 0.0963. The fraction of sp³-hybridized carbons (Fsp3) is 0.125. The number of terminal acetylenes is 1. The zero-order chi connectivity index (χ0) is 8.97. The van der Waals surface area contributed by atoms with Gasteiger partial charge < -0.3 is 5.32 Å². The first-order chi connectivity index (χ1) is 5.75. The highest BCUT2D eigenvalue weighted by Crippen LogP contribution is 2.21. The van der Waals surface area contributed by atoms with Crippen LogP contribution in [0.15, 0.2) is 11.4 Å². The maximum absolute atomic E-state index is 11.2. The van der Waals surface area contributed by atoms with Crippen LogP contribution < -0.4 is 5.32 Å². The predicted molar refractivity (Wildman–Crippen MR) is 50.5 cm³/mol. The van der Waals surface area contributed by atoms with E-state index in [1.807, 2.05) is 0 Å². The molecule has 0 unspecified atom stereocenters. The van der Waals surface area contributed by atoms with Crippen molar-refractivity contribution >= 4 is 28.8 Å². The Balaban J connectivity index is 2.67. The third-order valence-corrected chi connectivity index (χ3v) is 2.51. The van der Waals surface area contributed by atoms with Crippen LogP contribution in [0, 0.1) is 12.3 Å². The first-order valence-corrected chi connectivity index (χ1v) is 4.46. The van der Waals surface area contributed by atoms with Gasteiger partial charge in [0.05, 0.1) is 11.6 Å². The van der Waals surface area contributed by atoms with E-state index in [0.717, 1.165) is 0 Å². The molecule has 62 valence electrons. The number of hydrogen-bond acceptors (Lipinski definition) is 2. The van der Waals surface area contributed by atoms with Crippen molar-refractivity contribution in [1.82, 2.24) is 5.32 Å². The molecule has 0 fully saturated rings. The fourth-order valence-electron chi connectivity index (χ4n) is 0.667. The Morgan fingerprint density at radius 1 is 1.83 bits per heavy atom. The van der Waals surface area contributed by atoms with E-state index in [1.165, 1.54) is 11.3 Å². The van der Waals surface area contributed by atoms with E-state index in [-0.39, 0.29) is 12.5 Å². The number of nitrogens with one attached hydrogen (secondary N) is 1. The first-order valence-electron chi connectivity index (χ1n) is 3.20. The van der Waals surface area contributed by atoms with Crippen LogP contribution in [0.3, 0.4) is 0 Å². The summed E-state index contributed by atoms with van der Waals surface area (Å²) in [5.41, 5.74) is 0. The molecule has 0 spiro atoms. The zero-order valence-electron chi connectivity index (χ0n) is 6.13. The quantitative estimate of drug-likeness (QED) is 0.723. The van der Waals surface area contributed by atoms with Gasteiger partial charge >= 0.3 is 0 Å². The molecule has 2 nitrogen and oxygen atoms in total. The van der Waals surface area contributed by atoms with Crippen LogP contribution in [0.4, 0.5) is 0 Å². The number of rotatable bonds is 2. The molecule has 0 aromatic carbocycles. The Labute approximate surface area is 79.5 Å². The van der Waals surface area contributed by atoms with Gasteiger partial charge in [-0.15, -0.1) is 17.8 Å². The summed E-state index contributed by atoms with van der Waals surface area (Å²) in [6.07, 6.45) is 4.97. The van der Waals surface area contributed by atoms with Crippen LogP contribution >= 0.6 is 22.9 Å². The van der Waals surface area contributed by atoms with E-state index in [4.69, 9.17) is 18.0 Å². The smallest absolute Gasteiger partial charge is 0.263 e. The molecule has 0 atom stereocenters. The van der Waals surface area contributed by atoms with Crippen LogP contribution in [-0.2, 0) is 0 Å². The van der Waals surface area contributed by atoms with Crippen LogP contribution in [-0.4, -0.2) is 12.5 Å². The maximum atomic E-state index is 11.2. The van der Waals surface area contributed by atoms with Gasteiger partial charge in [-0.05, 0) is 11.4 Å². The minimum Gasteiger partial charge on any atom is -0.340 e. The van der Waals surface area contributed by atoms with E-state index >= 15 is 0 Å². The van der Waals surface area contributed by atoms with E-state index in [1.54, 1.807) is 11.4 Å². The van der Waals surface area contributed by atoms with Gasteiger partial charge in [-0.2, -0.15) is 0 Å². The standard InChI is InChI=1S/C8H6ClNOS/c1-2-4-10-8(11)7-6(9)3-5-12-7/h1,3,5H,4H2,(H,10,11). The van der Waals surface area contributed by atoms with Crippen LogP contribution in [0.25, 0.3) is 0 Å². The van der Waals surface area contributed by atoms with Crippen molar-refractivity contribution in [2.45, 2.75) is 0 Å². The van der Waals surface area contributed by atoms with E-state index in [9.17, 15) is 4.79 Å². The number of carbonyl (C=O) groups excluding carboxylic acids is 1. The van der Waals surface area contributed by atoms with Gasteiger partial charge in [0.25, 0.3) is 5.91 Å². The molecule has 0 radical (unpaired) electrons. The fourth-order valence-corrected chi connectivity index (χ4v) is 1.72. The minimum atomic E-state index is -0.215. The molecule has 0 saturated carbocycles. The summed E-state index contributed by atoms with van der Waals surface area (Å²) in [6, 6.07) is 1.68. The van der Waals surface area contributed by atoms with E-state index in [0.29, 0.717) is 9.90 Å². The number of amides is 1. The summed E-state index contributed by atoms with van der Waals surface area (Å²) in [7, 11) is 0. The second-order valence-corrected chi connectivity index (χ2v) is 3.31. The van der Waals surface area contributed by atoms with Gasteiger partial charge in [-0.1, -0.05) is 17.5 Å². The van der Waals surface area contributed by atoms with Gasteiger partial charge in [-0.25, -0.2) is 0 Å². The zero-order valence-corrected chi connectivity index (χ0v) is 7.71. The van der Waals surface area contributed by atoms with Gasteiger partial charge in [0, 0.05) is 0 Å². The Bertz CT molecular complexity index is 326. The molecule has 0 aliphatic carbocycles. The number of hydrogen-bond donors (Lipinski definition) is 1. The third-order valence-electron chi connectivity index (χ3n) is 1.17. The van der Waals surface area contributed by atoms with Crippen molar-refractivity contribution in [3.63, 3.8) is 0 Å². The number of carbonyl (C=O) groups is 1. The Kier molecular flexibility index (Phi) is 3.15. The molecular formula is C8H6ClNOS. The van der Waals surface area contributed by atoms with Crippen molar-refractivity contribution in [3.05, 3.63) is 21.3 Å². The summed E-state index contributed by atoms with van der Waals surface area (Å²) in [5, 5.41) is 4.75. The molecule has 0 bridgehead atoms. The van der Waals surface area contributed by atoms with Crippen molar-refractivity contribution in [2.75, 3.05) is 6.54 Å². The normalized spacial score (nSPS) is 9.00. The SMILES string of the molecule is C#CCNC(=O)c1sccc1Cl.